The molecule has 0 spiro atoms. The number of aliphatic carboxylic acids is 1. The maximum absolute atomic E-state index is 11.3. The molecule has 2 rings (SSSR count). The first-order valence-corrected chi connectivity index (χ1v) is 4.46. The molecule has 0 aliphatic heterocycles. The second-order valence-corrected chi connectivity index (χ2v) is 3.02. The van der Waals surface area contributed by atoms with Crippen LogP contribution in [0.15, 0.2) is 33.5 Å². The molecule has 81 valence electrons. The van der Waals surface area contributed by atoms with Gasteiger partial charge in [0.05, 0.1) is 0 Å². The molecular weight excluding hydrogens is 212 g/mol. The van der Waals surface area contributed by atoms with E-state index in [1.165, 1.54) is 0 Å². The fourth-order valence-electron chi connectivity index (χ4n) is 1.21. The van der Waals surface area contributed by atoms with E-state index in [2.05, 4.69) is 6.07 Å². The highest BCUT2D eigenvalue weighted by Crippen LogP contribution is 2.15. The van der Waals surface area contributed by atoms with Crippen molar-refractivity contribution in [2.24, 2.45) is 0 Å². The van der Waals surface area contributed by atoms with Gasteiger partial charge in [0.1, 0.15) is 5.58 Å². The largest absolute Gasteiger partial charge is 0.479 e. The fraction of sp³-hybridized carbons (Fsp3) is 0.0909. The lowest BCUT2D eigenvalue weighted by Gasteiger charge is -2.01. The Hall–Kier alpha value is -2.30. The number of carboxylic acid groups (broad SMARTS) is 1. The minimum atomic E-state index is -1.17. The standard InChI is InChI=1S/C11H7O5/c12-10(13)6-15-9-5-7-3-1-2-4-8(7)16-11(9)14/h1-4H,6H2,(H,12,13). The number of ether oxygens (including phenoxy) is 1. The Labute approximate surface area is 89.9 Å². The topological polar surface area (TPSA) is 76.7 Å². The van der Waals surface area contributed by atoms with Crippen molar-refractivity contribution in [3.63, 3.8) is 0 Å². The first kappa shape index (κ1) is 10.2. The monoisotopic (exact) mass is 219 g/mol. The van der Waals surface area contributed by atoms with Gasteiger partial charge in [-0.25, -0.2) is 9.59 Å². The predicted octanol–water partition coefficient (Wildman–Crippen LogP) is 1.06. The van der Waals surface area contributed by atoms with Crippen LogP contribution in [0.4, 0.5) is 0 Å². The van der Waals surface area contributed by atoms with E-state index >= 15 is 0 Å². The first-order valence-electron chi connectivity index (χ1n) is 4.46. The van der Waals surface area contributed by atoms with Gasteiger partial charge in [0, 0.05) is 11.5 Å². The van der Waals surface area contributed by atoms with Gasteiger partial charge in [-0.1, -0.05) is 18.2 Å². The summed E-state index contributed by atoms with van der Waals surface area (Å²) in [5, 5.41) is 8.97. The average Bonchev–Trinajstić information content (AvgIpc) is 2.26. The molecule has 0 amide bonds. The summed E-state index contributed by atoms with van der Waals surface area (Å²) in [5.74, 6) is -1.39. The Balaban J connectivity index is 2.42. The minimum Gasteiger partial charge on any atom is -0.479 e. The lowest BCUT2D eigenvalue weighted by Crippen LogP contribution is -2.14. The van der Waals surface area contributed by atoms with Crippen LogP contribution in [0.2, 0.25) is 0 Å². The normalized spacial score (nSPS) is 10.2. The molecular formula is C11H7O5. The van der Waals surface area contributed by atoms with Crippen molar-refractivity contribution in [3.8, 4) is 5.75 Å². The third-order valence-electron chi connectivity index (χ3n) is 1.86. The third-order valence-corrected chi connectivity index (χ3v) is 1.86. The van der Waals surface area contributed by atoms with Gasteiger partial charge in [0.2, 0.25) is 5.75 Å². The number of benzene rings is 1. The average molecular weight is 219 g/mol. The summed E-state index contributed by atoms with van der Waals surface area (Å²) in [5.41, 5.74) is -0.352. The lowest BCUT2D eigenvalue weighted by molar-refractivity contribution is -0.139. The molecule has 1 heterocycles. The summed E-state index contributed by atoms with van der Waals surface area (Å²) in [7, 11) is 0. The molecule has 1 aromatic heterocycles. The second-order valence-electron chi connectivity index (χ2n) is 3.02. The molecule has 0 saturated heterocycles. The fourth-order valence-corrected chi connectivity index (χ4v) is 1.21. The van der Waals surface area contributed by atoms with Crippen LogP contribution in [0.5, 0.6) is 5.75 Å². The number of carboxylic acids is 1. The van der Waals surface area contributed by atoms with Crippen LogP contribution in [0.1, 0.15) is 0 Å². The summed E-state index contributed by atoms with van der Waals surface area (Å²) in [6, 6.07) is 9.43. The summed E-state index contributed by atoms with van der Waals surface area (Å²) in [6.45, 7) is -0.598. The van der Waals surface area contributed by atoms with Gasteiger partial charge >= 0.3 is 11.6 Å². The van der Waals surface area contributed by atoms with E-state index in [9.17, 15) is 9.59 Å². The van der Waals surface area contributed by atoms with Crippen molar-refractivity contribution < 1.29 is 19.1 Å². The Morgan fingerprint density at radius 2 is 2.19 bits per heavy atom. The van der Waals surface area contributed by atoms with E-state index in [4.69, 9.17) is 14.3 Å². The molecule has 0 unspecified atom stereocenters. The predicted molar refractivity (Wildman–Crippen MR) is 54.5 cm³/mol. The van der Waals surface area contributed by atoms with Crippen LogP contribution in [0.3, 0.4) is 0 Å². The highest BCUT2D eigenvalue weighted by Gasteiger charge is 2.08. The van der Waals surface area contributed by atoms with Crippen LogP contribution in [0.25, 0.3) is 11.0 Å². The van der Waals surface area contributed by atoms with E-state index in [-0.39, 0.29) is 5.75 Å². The van der Waals surface area contributed by atoms with Gasteiger partial charge in [-0.15, -0.1) is 0 Å². The molecule has 2 aromatic rings. The molecule has 5 nitrogen and oxygen atoms in total. The molecule has 16 heavy (non-hydrogen) atoms. The summed E-state index contributed by atoms with van der Waals surface area (Å²) >= 11 is 0. The molecule has 1 N–H and O–H groups in total. The maximum Gasteiger partial charge on any atom is 0.379 e. The van der Waals surface area contributed by atoms with Crippen molar-refractivity contribution in [2.45, 2.75) is 0 Å². The van der Waals surface area contributed by atoms with Gasteiger partial charge in [0.15, 0.2) is 6.61 Å². The summed E-state index contributed by atoms with van der Waals surface area (Å²) in [6.07, 6.45) is 0. The second kappa shape index (κ2) is 4.06. The number of hydrogen-bond donors (Lipinski definition) is 1. The summed E-state index contributed by atoms with van der Waals surface area (Å²) in [4.78, 5) is 21.6. The number of para-hydroxylation sites is 1. The van der Waals surface area contributed by atoms with Crippen molar-refractivity contribution in [1.82, 2.24) is 0 Å². The maximum atomic E-state index is 11.3. The Bertz CT molecular complexity index is 584. The molecule has 0 fully saturated rings. The van der Waals surface area contributed by atoms with Crippen LogP contribution in [-0.2, 0) is 4.79 Å². The Morgan fingerprint density at radius 1 is 1.44 bits per heavy atom. The molecule has 0 saturated carbocycles. The molecule has 0 aliphatic carbocycles. The molecule has 0 aliphatic rings. The van der Waals surface area contributed by atoms with Gasteiger partial charge in [-0.3, -0.25) is 0 Å². The molecule has 5 heteroatoms. The lowest BCUT2D eigenvalue weighted by atomic mass is 10.2. The number of carbonyl (C=O) groups is 1. The number of fused-ring (bicyclic) bond motifs is 1. The van der Waals surface area contributed by atoms with Gasteiger partial charge in [0.25, 0.3) is 0 Å². The molecule has 0 atom stereocenters. The zero-order chi connectivity index (χ0) is 11.5. The van der Waals surface area contributed by atoms with E-state index in [0.717, 1.165) is 0 Å². The van der Waals surface area contributed by atoms with Gasteiger partial charge < -0.3 is 14.3 Å². The summed E-state index contributed by atoms with van der Waals surface area (Å²) < 4.78 is 9.67. The van der Waals surface area contributed by atoms with Crippen LogP contribution < -0.4 is 10.4 Å². The number of hydrogen-bond acceptors (Lipinski definition) is 4. The van der Waals surface area contributed by atoms with E-state index in [1.807, 2.05) is 0 Å². The van der Waals surface area contributed by atoms with Crippen molar-refractivity contribution in [1.29, 1.82) is 0 Å². The zero-order valence-electron chi connectivity index (χ0n) is 8.10. The molecule has 1 radical (unpaired) electrons. The smallest absolute Gasteiger partial charge is 0.379 e. The van der Waals surface area contributed by atoms with E-state index in [1.54, 1.807) is 24.3 Å². The highest BCUT2D eigenvalue weighted by atomic mass is 16.5. The van der Waals surface area contributed by atoms with E-state index in [0.29, 0.717) is 11.0 Å². The van der Waals surface area contributed by atoms with Gasteiger partial charge in [-0.05, 0) is 6.07 Å². The quantitative estimate of drug-likeness (QED) is 0.781. The number of rotatable bonds is 3. The Morgan fingerprint density at radius 3 is 2.94 bits per heavy atom. The van der Waals surface area contributed by atoms with Crippen LogP contribution in [-0.4, -0.2) is 17.7 Å². The molecule has 0 bridgehead atoms. The van der Waals surface area contributed by atoms with Crippen molar-refractivity contribution >= 4 is 16.9 Å². The zero-order valence-corrected chi connectivity index (χ0v) is 8.10. The Kier molecular flexibility index (Phi) is 2.59. The van der Waals surface area contributed by atoms with Crippen LogP contribution >= 0.6 is 0 Å². The van der Waals surface area contributed by atoms with E-state index < -0.39 is 18.2 Å². The molecule has 1 aromatic carbocycles. The van der Waals surface area contributed by atoms with Crippen LogP contribution in [0, 0.1) is 6.07 Å². The SMILES string of the molecule is O=C(O)COc1[c]c2ccccc2oc1=O. The van der Waals surface area contributed by atoms with Gasteiger partial charge in [-0.2, -0.15) is 0 Å². The van der Waals surface area contributed by atoms with Crippen molar-refractivity contribution in [3.05, 3.63) is 40.8 Å². The van der Waals surface area contributed by atoms with Crippen molar-refractivity contribution in [2.75, 3.05) is 6.61 Å². The third kappa shape index (κ3) is 2.03. The first-order chi connectivity index (χ1) is 7.66. The highest BCUT2D eigenvalue weighted by molar-refractivity contribution is 5.76. The minimum absolute atomic E-state index is 0.221.